The SMILES string of the molecule is CC(C)(C)OC(=O)C[C@H]1C=CC[C@H]1CO[Si](C)(C)C(C)(C)C. The van der Waals surface area contributed by atoms with Crippen LogP contribution < -0.4 is 0 Å². The van der Waals surface area contributed by atoms with Crippen LogP contribution in [0.1, 0.15) is 54.4 Å². The monoisotopic (exact) mass is 326 g/mol. The second-order valence-electron chi connectivity index (χ2n) is 8.95. The van der Waals surface area contributed by atoms with Crippen molar-refractivity contribution in [1.29, 1.82) is 0 Å². The van der Waals surface area contributed by atoms with Gasteiger partial charge in [-0.3, -0.25) is 4.79 Å². The molecule has 2 atom stereocenters. The van der Waals surface area contributed by atoms with Crippen molar-refractivity contribution >= 4 is 14.3 Å². The Morgan fingerprint density at radius 2 is 1.77 bits per heavy atom. The number of esters is 1. The van der Waals surface area contributed by atoms with Crippen molar-refractivity contribution in [2.75, 3.05) is 6.61 Å². The quantitative estimate of drug-likeness (QED) is 0.408. The average Bonchev–Trinajstić information content (AvgIpc) is 2.69. The third-order valence-corrected chi connectivity index (χ3v) is 9.22. The van der Waals surface area contributed by atoms with Crippen LogP contribution >= 0.6 is 0 Å². The van der Waals surface area contributed by atoms with Crippen molar-refractivity contribution in [3.8, 4) is 0 Å². The zero-order chi connectivity index (χ0) is 17.2. The van der Waals surface area contributed by atoms with E-state index in [0.717, 1.165) is 13.0 Å². The molecule has 0 fully saturated rings. The van der Waals surface area contributed by atoms with E-state index in [1.807, 2.05) is 20.8 Å². The van der Waals surface area contributed by atoms with E-state index in [0.29, 0.717) is 12.3 Å². The first-order valence-corrected chi connectivity index (χ1v) is 11.2. The molecule has 0 saturated carbocycles. The normalized spacial score (nSPS) is 22.9. The fourth-order valence-corrected chi connectivity index (χ4v) is 3.36. The molecule has 0 aromatic carbocycles. The molecule has 0 heterocycles. The minimum absolute atomic E-state index is 0.110. The lowest BCUT2D eigenvalue weighted by Crippen LogP contribution is -2.42. The number of allylic oxidation sites excluding steroid dienone is 2. The topological polar surface area (TPSA) is 35.5 Å². The summed E-state index contributed by atoms with van der Waals surface area (Å²) in [6, 6.07) is 0. The number of ether oxygens (including phenoxy) is 1. The molecule has 0 saturated heterocycles. The highest BCUT2D eigenvalue weighted by molar-refractivity contribution is 6.74. The molecule has 1 aliphatic rings. The van der Waals surface area contributed by atoms with E-state index in [4.69, 9.17) is 9.16 Å². The Morgan fingerprint density at radius 1 is 1.18 bits per heavy atom. The highest BCUT2D eigenvalue weighted by Crippen LogP contribution is 2.38. The Kier molecular flexibility index (Phi) is 6.07. The van der Waals surface area contributed by atoms with E-state index < -0.39 is 13.9 Å². The lowest BCUT2D eigenvalue weighted by atomic mass is 9.93. The van der Waals surface area contributed by atoms with Crippen LogP contribution in [-0.2, 0) is 14.0 Å². The highest BCUT2D eigenvalue weighted by atomic mass is 28.4. The summed E-state index contributed by atoms with van der Waals surface area (Å²) in [6.45, 7) is 17.8. The van der Waals surface area contributed by atoms with Crippen LogP contribution in [0.5, 0.6) is 0 Å². The number of carbonyl (C=O) groups is 1. The number of rotatable bonds is 5. The molecule has 0 aromatic rings. The van der Waals surface area contributed by atoms with Crippen LogP contribution in [0.4, 0.5) is 0 Å². The van der Waals surface area contributed by atoms with Gasteiger partial charge in [-0.05, 0) is 57.2 Å². The predicted molar refractivity (Wildman–Crippen MR) is 94.3 cm³/mol. The van der Waals surface area contributed by atoms with E-state index in [1.54, 1.807) is 0 Å². The summed E-state index contributed by atoms with van der Waals surface area (Å²) >= 11 is 0. The first-order chi connectivity index (χ1) is 9.82. The summed E-state index contributed by atoms with van der Waals surface area (Å²) in [7, 11) is -1.72. The maximum absolute atomic E-state index is 12.0. The third kappa shape index (κ3) is 5.88. The Morgan fingerprint density at radius 3 is 2.27 bits per heavy atom. The van der Waals surface area contributed by atoms with Gasteiger partial charge < -0.3 is 9.16 Å². The minimum Gasteiger partial charge on any atom is -0.460 e. The van der Waals surface area contributed by atoms with E-state index in [-0.39, 0.29) is 16.9 Å². The summed E-state index contributed by atoms with van der Waals surface area (Å²) in [4.78, 5) is 12.0. The smallest absolute Gasteiger partial charge is 0.306 e. The molecule has 0 aliphatic heterocycles. The largest absolute Gasteiger partial charge is 0.460 e. The Hall–Kier alpha value is -0.613. The molecule has 1 aliphatic carbocycles. The van der Waals surface area contributed by atoms with Gasteiger partial charge in [0.1, 0.15) is 5.60 Å². The third-order valence-electron chi connectivity index (χ3n) is 4.71. The van der Waals surface area contributed by atoms with Gasteiger partial charge in [0, 0.05) is 6.61 Å². The van der Waals surface area contributed by atoms with Crippen molar-refractivity contribution in [1.82, 2.24) is 0 Å². The average molecular weight is 327 g/mol. The molecule has 0 unspecified atom stereocenters. The number of hydrogen-bond acceptors (Lipinski definition) is 3. The molecule has 0 N–H and O–H groups in total. The molecule has 4 heteroatoms. The van der Waals surface area contributed by atoms with Gasteiger partial charge in [-0.15, -0.1) is 0 Å². The van der Waals surface area contributed by atoms with Gasteiger partial charge in [0.15, 0.2) is 8.32 Å². The van der Waals surface area contributed by atoms with Gasteiger partial charge in [-0.2, -0.15) is 0 Å². The predicted octanol–water partition coefficient (Wildman–Crippen LogP) is 4.93. The highest BCUT2D eigenvalue weighted by Gasteiger charge is 2.38. The number of hydrogen-bond donors (Lipinski definition) is 0. The van der Waals surface area contributed by atoms with Crippen molar-refractivity contribution in [3.63, 3.8) is 0 Å². The van der Waals surface area contributed by atoms with Gasteiger partial charge >= 0.3 is 5.97 Å². The van der Waals surface area contributed by atoms with Crippen molar-refractivity contribution in [3.05, 3.63) is 12.2 Å². The van der Waals surface area contributed by atoms with Gasteiger partial charge in [0.2, 0.25) is 0 Å². The molecule has 3 nitrogen and oxygen atoms in total. The van der Waals surface area contributed by atoms with E-state index in [1.165, 1.54) is 0 Å². The second kappa shape index (κ2) is 6.87. The summed E-state index contributed by atoms with van der Waals surface area (Å²) < 4.78 is 11.8. The van der Waals surface area contributed by atoms with E-state index >= 15 is 0 Å². The number of carbonyl (C=O) groups excluding carboxylic acids is 1. The Bertz CT molecular complexity index is 413. The molecule has 1 rings (SSSR count). The van der Waals surface area contributed by atoms with Gasteiger partial charge in [-0.25, -0.2) is 0 Å². The lowest BCUT2D eigenvalue weighted by molar-refractivity contribution is -0.156. The summed E-state index contributed by atoms with van der Waals surface area (Å²) in [5, 5.41) is 0.222. The molecular weight excluding hydrogens is 292 g/mol. The fourth-order valence-electron chi connectivity index (χ4n) is 2.29. The van der Waals surface area contributed by atoms with E-state index in [9.17, 15) is 4.79 Å². The van der Waals surface area contributed by atoms with E-state index in [2.05, 4.69) is 46.0 Å². The first kappa shape index (κ1) is 19.4. The minimum atomic E-state index is -1.72. The summed E-state index contributed by atoms with van der Waals surface area (Å²) in [6.07, 6.45) is 5.79. The molecular formula is C18H34O3Si. The van der Waals surface area contributed by atoms with Crippen LogP contribution in [-0.4, -0.2) is 26.5 Å². The molecule has 22 heavy (non-hydrogen) atoms. The molecule has 0 radical (unpaired) electrons. The lowest BCUT2D eigenvalue weighted by Gasteiger charge is -2.37. The van der Waals surface area contributed by atoms with Crippen LogP contribution in [0.3, 0.4) is 0 Å². The van der Waals surface area contributed by atoms with Crippen LogP contribution in [0.25, 0.3) is 0 Å². The molecule has 0 bridgehead atoms. The fraction of sp³-hybridized carbons (Fsp3) is 0.833. The maximum Gasteiger partial charge on any atom is 0.306 e. The zero-order valence-corrected chi connectivity index (χ0v) is 16.7. The molecule has 0 spiro atoms. The second-order valence-corrected chi connectivity index (χ2v) is 13.8. The van der Waals surface area contributed by atoms with Crippen LogP contribution in [0.15, 0.2) is 12.2 Å². The summed E-state index contributed by atoms with van der Waals surface area (Å²) in [5.74, 6) is 0.544. The van der Waals surface area contributed by atoms with Crippen LogP contribution in [0.2, 0.25) is 18.1 Å². The van der Waals surface area contributed by atoms with Crippen LogP contribution in [0, 0.1) is 11.8 Å². The van der Waals surface area contributed by atoms with Crippen molar-refractivity contribution in [2.24, 2.45) is 11.8 Å². The Balaban J connectivity index is 2.53. The standard InChI is InChI=1S/C18H34O3Si/c1-17(2,3)21-16(19)12-14-10-9-11-15(14)13-20-22(7,8)18(4,5)6/h9-10,14-15H,11-13H2,1-8H3/t14-,15+/m1/s1. The molecule has 0 amide bonds. The van der Waals surface area contributed by atoms with Crippen molar-refractivity contribution < 1.29 is 14.0 Å². The maximum atomic E-state index is 12.0. The van der Waals surface area contributed by atoms with Gasteiger partial charge in [0.05, 0.1) is 6.42 Å². The first-order valence-electron chi connectivity index (χ1n) is 8.34. The Labute approximate surface area is 137 Å². The van der Waals surface area contributed by atoms with Gasteiger partial charge in [-0.1, -0.05) is 32.9 Å². The molecule has 0 aromatic heterocycles. The zero-order valence-electron chi connectivity index (χ0n) is 15.7. The van der Waals surface area contributed by atoms with Gasteiger partial charge in [0.25, 0.3) is 0 Å². The summed E-state index contributed by atoms with van der Waals surface area (Å²) in [5.41, 5.74) is -0.410. The van der Waals surface area contributed by atoms with Crippen molar-refractivity contribution in [2.45, 2.75) is 78.1 Å². The molecule has 128 valence electrons.